The van der Waals surface area contributed by atoms with Crippen LogP contribution in [0.15, 0.2) is 277 Å². The molecule has 0 aliphatic carbocycles. The zero-order valence-electron chi connectivity index (χ0n) is 43.0. The third-order valence-electron chi connectivity index (χ3n) is 14.7. The second-order valence-corrected chi connectivity index (χ2v) is 19.4. The number of benzene rings is 10. The van der Waals surface area contributed by atoms with Crippen LogP contribution in [0.25, 0.3) is 0 Å². The molecule has 0 aliphatic heterocycles. The lowest BCUT2D eigenvalue weighted by molar-refractivity contribution is 0.926. The summed E-state index contributed by atoms with van der Waals surface area (Å²) in [6.07, 6.45) is 1.61. The Bertz CT molecular complexity index is 3050. The van der Waals surface area contributed by atoms with Crippen molar-refractivity contribution in [3.05, 3.63) is 345 Å². The maximum atomic E-state index is 5.80. The molecule has 0 aliphatic rings. The smallest absolute Gasteiger partial charge is 0.0707 e. The Morgan fingerprint density at radius 2 is 0.473 bits per heavy atom. The maximum Gasteiger partial charge on any atom is 0.0707 e. The molecule has 0 unspecified atom stereocenters. The van der Waals surface area contributed by atoms with Gasteiger partial charge in [-0.2, -0.15) is 0 Å². The van der Waals surface area contributed by atoms with E-state index in [1.165, 1.54) is 77.9 Å². The zero-order chi connectivity index (χ0) is 50.6. The number of rotatable bonds is 17. The Morgan fingerprint density at radius 1 is 0.270 bits per heavy atom. The Kier molecular flexibility index (Phi) is 15.5. The van der Waals surface area contributed by atoms with E-state index in [-0.39, 0.29) is 23.7 Å². The van der Waals surface area contributed by atoms with Crippen molar-refractivity contribution in [1.82, 2.24) is 0 Å². The van der Waals surface area contributed by atoms with Crippen LogP contribution in [0, 0.1) is 0 Å². The summed E-state index contributed by atoms with van der Waals surface area (Å²) < 4.78 is 0. The van der Waals surface area contributed by atoms with Gasteiger partial charge in [-0.3, -0.25) is 9.98 Å². The van der Waals surface area contributed by atoms with Crippen molar-refractivity contribution in [2.75, 3.05) is 0 Å². The number of aliphatic imine (C=N–C) groups is 2. The van der Waals surface area contributed by atoms with Crippen molar-refractivity contribution >= 4 is 22.8 Å². The van der Waals surface area contributed by atoms with E-state index < -0.39 is 0 Å². The first-order valence-corrected chi connectivity index (χ1v) is 26.3. The normalized spacial score (nSPS) is 12.0. The van der Waals surface area contributed by atoms with Crippen LogP contribution in [0.4, 0.5) is 11.4 Å². The largest absolute Gasteiger partial charge is 0.251 e. The van der Waals surface area contributed by atoms with Gasteiger partial charge in [-0.1, -0.05) is 281 Å². The third kappa shape index (κ3) is 10.8. The van der Waals surface area contributed by atoms with Crippen LogP contribution in [0.1, 0.15) is 129 Å². The van der Waals surface area contributed by atoms with E-state index in [2.05, 4.69) is 295 Å². The predicted molar refractivity (Wildman–Crippen MR) is 312 cm³/mol. The van der Waals surface area contributed by atoms with E-state index in [4.69, 9.17) is 9.98 Å². The number of aryl methyl sites for hydroxylation is 2. The first-order valence-electron chi connectivity index (χ1n) is 26.3. The zero-order valence-corrected chi connectivity index (χ0v) is 43.0. The van der Waals surface area contributed by atoms with E-state index >= 15 is 0 Å². The summed E-state index contributed by atoms with van der Waals surface area (Å²) in [6, 6.07) is 97.4. The van der Waals surface area contributed by atoms with Gasteiger partial charge in [0.05, 0.1) is 22.8 Å². The molecule has 10 aromatic rings. The van der Waals surface area contributed by atoms with Crippen molar-refractivity contribution in [3.63, 3.8) is 0 Å². The second kappa shape index (κ2) is 23.4. The maximum absolute atomic E-state index is 5.80. The molecule has 0 amide bonds. The number of nitrogens with zero attached hydrogens (tertiary/aromatic N) is 2. The Hall–Kier alpha value is -8.46. The monoisotopic (exact) mass is 957 g/mol. The minimum absolute atomic E-state index is 0.0236. The number of hydrogen-bond acceptors (Lipinski definition) is 2. The molecule has 0 spiro atoms. The molecule has 74 heavy (non-hydrogen) atoms. The fourth-order valence-corrected chi connectivity index (χ4v) is 11.0. The molecule has 0 atom stereocenters. The molecule has 0 bridgehead atoms. The second-order valence-electron chi connectivity index (χ2n) is 19.4. The molecule has 2 heteroatoms. The van der Waals surface area contributed by atoms with Gasteiger partial charge in [0.2, 0.25) is 0 Å². The molecule has 10 rings (SSSR count). The molecule has 0 saturated carbocycles. The highest BCUT2D eigenvalue weighted by molar-refractivity contribution is 6.41. The topological polar surface area (TPSA) is 24.7 Å². The van der Waals surface area contributed by atoms with Gasteiger partial charge in [0, 0.05) is 23.7 Å². The van der Waals surface area contributed by atoms with Crippen LogP contribution in [0.3, 0.4) is 0 Å². The molecule has 362 valence electrons. The molecule has 0 N–H and O–H groups in total. The van der Waals surface area contributed by atoms with E-state index in [1.54, 1.807) is 0 Å². The highest BCUT2D eigenvalue weighted by atomic mass is 14.8. The first-order chi connectivity index (χ1) is 36.5. The summed E-state index contributed by atoms with van der Waals surface area (Å²) in [7, 11) is 0. The molecule has 0 fully saturated rings. The van der Waals surface area contributed by atoms with Gasteiger partial charge >= 0.3 is 0 Å². The van der Waals surface area contributed by atoms with Gasteiger partial charge < -0.3 is 0 Å². The minimum Gasteiger partial charge on any atom is -0.251 e. The van der Waals surface area contributed by atoms with Gasteiger partial charge in [-0.25, -0.2) is 0 Å². The van der Waals surface area contributed by atoms with Crippen LogP contribution < -0.4 is 0 Å². The SMILES string of the molecule is CCc1cc(C(c2ccccc2)c2ccccc2)cc(C(c2ccccc2)c2ccccc2)c1N=C(C)C(C)=Nc1c(CC)cc(C(c2ccccc2)c2ccccc2)cc1C(c1ccccc1)c1ccccc1. The highest BCUT2D eigenvalue weighted by Crippen LogP contribution is 2.46. The summed E-state index contributed by atoms with van der Waals surface area (Å²) in [6.45, 7) is 8.84. The Labute approximate surface area is 439 Å². The molecule has 0 radical (unpaired) electrons. The highest BCUT2D eigenvalue weighted by Gasteiger charge is 2.28. The quantitative estimate of drug-likeness (QED) is 0.0642. The summed E-state index contributed by atoms with van der Waals surface area (Å²) in [5.41, 5.74) is 21.0. The third-order valence-corrected chi connectivity index (χ3v) is 14.7. The molecule has 2 nitrogen and oxygen atoms in total. The van der Waals surface area contributed by atoms with Gasteiger partial charge in [-0.15, -0.1) is 0 Å². The summed E-state index contributed by atoms with van der Waals surface area (Å²) in [4.78, 5) is 11.6. The lowest BCUT2D eigenvalue weighted by atomic mass is 9.78. The van der Waals surface area contributed by atoms with E-state index in [9.17, 15) is 0 Å². The van der Waals surface area contributed by atoms with E-state index in [0.29, 0.717) is 0 Å². The van der Waals surface area contributed by atoms with Gasteiger partial charge in [0.1, 0.15) is 0 Å². The van der Waals surface area contributed by atoms with Crippen molar-refractivity contribution in [3.8, 4) is 0 Å². The van der Waals surface area contributed by atoms with Crippen LogP contribution in [0.2, 0.25) is 0 Å². The lowest BCUT2D eigenvalue weighted by Gasteiger charge is -2.27. The number of hydrogen-bond donors (Lipinski definition) is 0. The van der Waals surface area contributed by atoms with Crippen molar-refractivity contribution < 1.29 is 0 Å². The first kappa shape index (κ1) is 49.1. The van der Waals surface area contributed by atoms with Gasteiger partial charge in [-0.05, 0) is 105 Å². The fraction of sp³-hybridized carbons (Fsp3) is 0.139. The molecular formula is C72H64N2. The minimum atomic E-state index is -0.0795. The van der Waals surface area contributed by atoms with E-state index in [1.807, 2.05) is 0 Å². The molecule has 0 heterocycles. The Morgan fingerprint density at radius 3 is 0.676 bits per heavy atom. The standard InChI is InChI=1S/C72H64N2/c1-5-53-47-63(67(55-31-15-7-16-32-55)56-33-17-8-18-34-56)49-65(69(59-39-23-11-24-40-59)60-41-25-12-26-42-60)71(53)73-51(3)52(4)74-72-54(6-2)48-64(68(57-35-19-9-20-36-57)58-37-21-10-22-38-58)50-66(72)70(61-43-27-13-28-44-61)62-45-29-14-30-46-62/h7-50,67-70H,5-6H2,1-4H3. The molecule has 0 aromatic heterocycles. The predicted octanol–water partition coefficient (Wildman–Crippen LogP) is 18.4. The van der Waals surface area contributed by atoms with Crippen molar-refractivity contribution in [2.24, 2.45) is 9.98 Å². The fourth-order valence-electron chi connectivity index (χ4n) is 11.0. The average Bonchev–Trinajstić information content (AvgIpc) is 3.46. The van der Waals surface area contributed by atoms with Gasteiger partial charge in [0.15, 0.2) is 0 Å². The Balaban J connectivity index is 1.21. The molecular weight excluding hydrogens is 893 g/mol. The van der Waals surface area contributed by atoms with Crippen molar-refractivity contribution in [1.29, 1.82) is 0 Å². The molecule has 0 saturated heterocycles. The summed E-state index contributed by atoms with van der Waals surface area (Å²) in [5.74, 6) is -0.112. The average molecular weight is 957 g/mol. The van der Waals surface area contributed by atoms with Crippen molar-refractivity contribution in [2.45, 2.75) is 64.2 Å². The van der Waals surface area contributed by atoms with Crippen LogP contribution >= 0.6 is 0 Å². The lowest BCUT2D eigenvalue weighted by Crippen LogP contribution is -2.12. The van der Waals surface area contributed by atoms with Crippen LogP contribution in [-0.4, -0.2) is 11.4 Å². The van der Waals surface area contributed by atoms with E-state index in [0.717, 1.165) is 35.6 Å². The summed E-state index contributed by atoms with van der Waals surface area (Å²) >= 11 is 0. The summed E-state index contributed by atoms with van der Waals surface area (Å²) in [5, 5.41) is 0. The van der Waals surface area contributed by atoms with Crippen LogP contribution in [-0.2, 0) is 12.8 Å². The molecule has 10 aromatic carbocycles. The van der Waals surface area contributed by atoms with Gasteiger partial charge in [0.25, 0.3) is 0 Å². The van der Waals surface area contributed by atoms with Crippen LogP contribution in [0.5, 0.6) is 0 Å².